The number of fused-ring (bicyclic) bond motifs is 2. The van der Waals surface area contributed by atoms with Crippen LogP contribution >= 0.6 is 23.2 Å². The molecule has 4 aromatic rings. The van der Waals surface area contributed by atoms with Crippen molar-refractivity contribution in [3.63, 3.8) is 0 Å². The number of pyridine rings is 2. The fourth-order valence-electron chi connectivity index (χ4n) is 5.03. The molecule has 2 aromatic heterocycles. The molecule has 1 aliphatic rings. The molecule has 0 spiro atoms. The van der Waals surface area contributed by atoms with Crippen molar-refractivity contribution in [2.45, 2.75) is 38.0 Å². The molecule has 2 aromatic carbocycles. The largest absolute Gasteiger partial charge is 0.480 e. The highest BCUT2D eigenvalue weighted by molar-refractivity contribution is 6.39. The van der Waals surface area contributed by atoms with Crippen LogP contribution in [0, 0.1) is 0 Å². The maximum absolute atomic E-state index is 14.1. The van der Waals surface area contributed by atoms with E-state index in [-0.39, 0.29) is 33.1 Å². The lowest BCUT2D eigenvalue weighted by atomic mass is 9.93. The Balaban J connectivity index is 1.59. The van der Waals surface area contributed by atoms with Crippen LogP contribution in [0.25, 0.3) is 22.0 Å². The van der Waals surface area contributed by atoms with Gasteiger partial charge >= 0.3 is 12.1 Å². The first-order valence-electron chi connectivity index (χ1n) is 12.2. The maximum Gasteiger partial charge on any atom is 0.417 e. The molecule has 7 nitrogen and oxygen atoms in total. The fraction of sp³-hybridized carbons (Fsp3) is 0.214. The highest BCUT2D eigenvalue weighted by Gasteiger charge is 2.38. The van der Waals surface area contributed by atoms with E-state index in [0.717, 1.165) is 6.07 Å². The molecular weight excluding hydrogens is 570 g/mol. The highest BCUT2D eigenvalue weighted by Crippen LogP contribution is 2.39. The minimum atomic E-state index is -4.79. The van der Waals surface area contributed by atoms with Gasteiger partial charge in [-0.3, -0.25) is 14.6 Å². The Bertz CT molecular complexity index is 1720. The average molecular weight is 590 g/mol. The number of hydrogen-bond donors (Lipinski definition) is 2. The Morgan fingerprint density at radius 2 is 1.82 bits per heavy atom. The molecule has 1 atom stereocenters. The van der Waals surface area contributed by atoms with Crippen molar-refractivity contribution >= 4 is 46.0 Å². The van der Waals surface area contributed by atoms with Gasteiger partial charge in [-0.2, -0.15) is 13.2 Å². The number of carboxylic acid groups (broad SMARTS) is 1. The van der Waals surface area contributed by atoms with E-state index in [4.69, 9.17) is 23.2 Å². The lowest BCUT2D eigenvalue weighted by Gasteiger charge is -2.19. The lowest BCUT2D eigenvalue weighted by Crippen LogP contribution is -2.42. The molecule has 12 heteroatoms. The fourth-order valence-corrected chi connectivity index (χ4v) is 5.60. The molecule has 206 valence electrons. The van der Waals surface area contributed by atoms with Gasteiger partial charge in [0.05, 0.1) is 32.3 Å². The number of aryl methyl sites for hydroxylation is 1. The standard InChI is InChI=1S/C28H20Cl2F3N3O4/c29-19-6-1-7-20(30)23(19)25(37)35-21(27(39)40)12-14-8-9-17(24-16(14)5-2-10-34-24)22-18(28(31,32)33)13-15-4-3-11-36(15)26(22)38/h1-2,5-10,13,21H,3-4,11-12H2,(H,35,37)(H,39,40)/t21-/m0/s1. The third-order valence-corrected chi connectivity index (χ3v) is 7.48. The minimum Gasteiger partial charge on any atom is -0.480 e. The zero-order chi connectivity index (χ0) is 28.8. The van der Waals surface area contributed by atoms with Gasteiger partial charge in [0.15, 0.2) is 0 Å². The van der Waals surface area contributed by atoms with Crippen LogP contribution in [-0.2, 0) is 30.4 Å². The Kier molecular flexibility index (Phi) is 7.32. The van der Waals surface area contributed by atoms with Gasteiger partial charge in [-0.25, -0.2) is 4.79 Å². The number of carboxylic acids is 1. The second-order valence-electron chi connectivity index (χ2n) is 9.32. The monoisotopic (exact) mass is 589 g/mol. The summed E-state index contributed by atoms with van der Waals surface area (Å²) in [4.78, 5) is 42.6. The quantitative estimate of drug-likeness (QED) is 0.298. The van der Waals surface area contributed by atoms with Gasteiger partial charge in [-0.1, -0.05) is 47.5 Å². The second kappa shape index (κ2) is 10.6. The van der Waals surface area contributed by atoms with Gasteiger partial charge in [-0.05, 0) is 42.7 Å². The van der Waals surface area contributed by atoms with E-state index >= 15 is 0 Å². The molecule has 0 aliphatic carbocycles. The van der Waals surface area contributed by atoms with Crippen molar-refractivity contribution in [2.24, 2.45) is 0 Å². The van der Waals surface area contributed by atoms with Gasteiger partial charge < -0.3 is 15.0 Å². The number of carbonyl (C=O) groups is 2. The van der Waals surface area contributed by atoms with Gasteiger partial charge in [0.25, 0.3) is 11.5 Å². The SMILES string of the molecule is O=C(N[C@@H](Cc1ccc(-c2c(C(F)(F)F)cc3n(c2=O)CCC3)c2ncccc12)C(=O)O)c1c(Cl)cccc1Cl. The molecular formula is C28H20Cl2F3N3O4. The first-order chi connectivity index (χ1) is 19.0. The summed E-state index contributed by atoms with van der Waals surface area (Å²) in [7, 11) is 0. The Morgan fingerprint density at radius 1 is 1.10 bits per heavy atom. The van der Waals surface area contributed by atoms with Crippen molar-refractivity contribution in [1.29, 1.82) is 0 Å². The number of halogens is 5. The van der Waals surface area contributed by atoms with E-state index in [9.17, 15) is 32.7 Å². The van der Waals surface area contributed by atoms with Gasteiger partial charge in [0.1, 0.15) is 6.04 Å². The minimum absolute atomic E-state index is 0.0161. The topological polar surface area (TPSA) is 101 Å². The summed E-state index contributed by atoms with van der Waals surface area (Å²) in [6, 6.07) is 9.89. The van der Waals surface area contributed by atoms with Gasteiger partial charge in [-0.15, -0.1) is 0 Å². The average Bonchev–Trinajstić information content (AvgIpc) is 3.37. The number of nitrogens with zero attached hydrogens (tertiary/aromatic N) is 2. The summed E-state index contributed by atoms with van der Waals surface area (Å²) in [5.74, 6) is -2.16. The van der Waals surface area contributed by atoms with Crippen molar-refractivity contribution in [3.8, 4) is 11.1 Å². The van der Waals surface area contributed by atoms with E-state index < -0.39 is 40.8 Å². The third-order valence-electron chi connectivity index (χ3n) is 6.85. The number of benzene rings is 2. The molecule has 1 aliphatic heterocycles. The Morgan fingerprint density at radius 3 is 2.50 bits per heavy atom. The predicted molar refractivity (Wildman–Crippen MR) is 144 cm³/mol. The molecule has 0 unspecified atom stereocenters. The van der Waals surface area contributed by atoms with Crippen LogP contribution in [0.4, 0.5) is 13.2 Å². The molecule has 1 amide bonds. The summed E-state index contributed by atoms with van der Waals surface area (Å²) >= 11 is 12.2. The molecule has 0 bridgehead atoms. The first kappa shape index (κ1) is 27.7. The van der Waals surface area contributed by atoms with E-state index in [1.165, 1.54) is 41.1 Å². The smallest absolute Gasteiger partial charge is 0.417 e. The van der Waals surface area contributed by atoms with Crippen LogP contribution < -0.4 is 10.9 Å². The number of rotatable bonds is 6. The summed E-state index contributed by atoms with van der Waals surface area (Å²) in [5, 5.41) is 12.7. The molecule has 40 heavy (non-hydrogen) atoms. The number of amides is 1. The van der Waals surface area contributed by atoms with Crippen LogP contribution in [0.1, 0.15) is 33.6 Å². The molecule has 0 fully saturated rings. The molecule has 0 saturated heterocycles. The zero-order valence-electron chi connectivity index (χ0n) is 20.6. The van der Waals surface area contributed by atoms with E-state index in [0.29, 0.717) is 36.0 Å². The van der Waals surface area contributed by atoms with Crippen molar-refractivity contribution in [1.82, 2.24) is 14.9 Å². The maximum atomic E-state index is 14.1. The number of alkyl halides is 3. The number of carbonyl (C=O) groups excluding carboxylic acids is 1. The molecule has 3 heterocycles. The van der Waals surface area contributed by atoms with Crippen LogP contribution in [-0.4, -0.2) is 32.6 Å². The van der Waals surface area contributed by atoms with Crippen LogP contribution in [0.5, 0.6) is 0 Å². The van der Waals surface area contributed by atoms with Crippen molar-refractivity contribution < 1.29 is 27.9 Å². The first-order valence-corrected chi connectivity index (χ1v) is 12.9. The van der Waals surface area contributed by atoms with Crippen LogP contribution in [0.3, 0.4) is 0 Å². The van der Waals surface area contributed by atoms with E-state index in [1.807, 2.05) is 0 Å². The summed E-state index contributed by atoms with van der Waals surface area (Å²) in [5.41, 5.74) is -1.59. The van der Waals surface area contributed by atoms with Crippen molar-refractivity contribution in [3.05, 3.63) is 97.5 Å². The number of hydrogen-bond acceptors (Lipinski definition) is 4. The number of aliphatic carboxylic acids is 1. The molecule has 0 radical (unpaired) electrons. The molecule has 0 saturated carbocycles. The Hall–Kier alpha value is -3.89. The van der Waals surface area contributed by atoms with Gasteiger partial charge in [0.2, 0.25) is 0 Å². The summed E-state index contributed by atoms with van der Waals surface area (Å²) < 4.78 is 43.8. The lowest BCUT2D eigenvalue weighted by molar-refractivity contribution is -0.139. The molecule has 5 rings (SSSR count). The zero-order valence-corrected chi connectivity index (χ0v) is 22.1. The van der Waals surface area contributed by atoms with E-state index in [1.54, 1.807) is 12.1 Å². The summed E-state index contributed by atoms with van der Waals surface area (Å²) in [6.45, 7) is 0.318. The number of nitrogens with one attached hydrogen (secondary N) is 1. The molecule has 2 N–H and O–H groups in total. The Labute approximate surface area is 235 Å². The second-order valence-corrected chi connectivity index (χ2v) is 10.1. The number of aromatic nitrogens is 2. The van der Waals surface area contributed by atoms with Crippen LogP contribution in [0.2, 0.25) is 10.0 Å². The normalized spacial score (nSPS) is 13.7. The third kappa shape index (κ3) is 5.04. The van der Waals surface area contributed by atoms with Crippen LogP contribution in [0.15, 0.2) is 59.5 Å². The predicted octanol–water partition coefficient (Wildman–Crippen LogP) is 5.76. The van der Waals surface area contributed by atoms with Crippen molar-refractivity contribution in [2.75, 3.05) is 0 Å². The summed E-state index contributed by atoms with van der Waals surface area (Å²) in [6.07, 6.45) is -2.70. The highest BCUT2D eigenvalue weighted by atomic mass is 35.5. The van der Waals surface area contributed by atoms with E-state index in [2.05, 4.69) is 10.3 Å². The van der Waals surface area contributed by atoms with Gasteiger partial charge in [0, 0.05) is 35.8 Å².